The molecule has 0 aliphatic heterocycles. The monoisotopic (exact) mass is 374 g/mol. The highest BCUT2D eigenvalue weighted by atomic mass is 16.3. The maximum Gasteiger partial charge on any atom is 0.152 e. The molecule has 0 amide bonds. The van der Waals surface area contributed by atoms with E-state index in [0.29, 0.717) is 5.92 Å². The zero-order valence-electron chi connectivity index (χ0n) is 15.4. The third kappa shape index (κ3) is 3.14. The number of benzene rings is 1. The zero-order chi connectivity index (χ0) is 18.9. The average molecular weight is 374 g/mol. The molecule has 2 N–H and O–H groups in total. The van der Waals surface area contributed by atoms with Crippen LogP contribution in [0, 0.1) is 5.92 Å². The summed E-state index contributed by atoms with van der Waals surface area (Å²) in [7, 11) is 0. The standard InChI is InChI=1S/C21H22N6O/c28-19-11-15(13-26-8-7-24-21(26)16-4-2-1-3-5-16)10-17(19)25-20-18-12-22-14-27(18)9-6-23-20/h1-9,12,14-15,17,19,28H,10-11,13H2,(H,23,25)/t15?,17-,19-/m1/s1. The molecule has 4 aromatic rings. The van der Waals surface area contributed by atoms with E-state index < -0.39 is 6.10 Å². The Balaban J connectivity index is 1.31. The Bertz CT molecular complexity index is 1070. The van der Waals surface area contributed by atoms with Gasteiger partial charge in [0, 0.05) is 36.9 Å². The van der Waals surface area contributed by atoms with E-state index in [4.69, 9.17) is 0 Å². The van der Waals surface area contributed by atoms with Crippen molar-refractivity contribution in [2.75, 3.05) is 5.32 Å². The van der Waals surface area contributed by atoms with Crippen LogP contribution in [-0.2, 0) is 6.54 Å². The summed E-state index contributed by atoms with van der Waals surface area (Å²) in [6.07, 6.45) is 12.2. The lowest BCUT2D eigenvalue weighted by molar-refractivity contribution is 0.166. The summed E-state index contributed by atoms with van der Waals surface area (Å²) in [5, 5.41) is 14.0. The SMILES string of the molecule is O[C@@H]1CC(Cn2ccnc2-c2ccccc2)C[C@H]1Nc1nccn2cncc12. The number of nitrogens with zero attached hydrogens (tertiary/aromatic N) is 5. The van der Waals surface area contributed by atoms with Gasteiger partial charge >= 0.3 is 0 Å². The molecule has 1 aliphatic rings. The minimum Gasteiger partial charge on any atom is -0.391 e. The van der Waals surface area contributed by atoms with Crippen LogP contribution in [0.3, 0.4) is 0 Å². The maximum atomic E-state index is 10.6. The minimum atomic E-state index is -0.404. The first kappa shape index (κ1) is 16.9. The molecule has 7 nitrogen and oxygen atoms in total. The predicted molar refractivity (Wildman–Crippen MR) is 107 cm³/mol. The second-order valence-corrected chi connectivity index (χ2v) is 7.39. The van der Waals surface area contributed by atoms with Crippen LogP contribution in [0.25, 0.3) is 16.9 Å². The molecule has 0 radical (unpaired) electrons. The van der Waals surface area contributed by atoms with Crippen molar-refractivity contribution in [1.29, 1.82) is 0 Å². The molecule has 28 heavy (non-hydrogen) atoms. The molecule has 1 aromatic carbocycles. The van der Waals surface area contributed by atoms with Gasteiger partial charge < -0.3 is 19.4 Å². The Morgan fingerprint density at radius 3 is 2.82 bits per heavy atom. The summed E-state index contributed by atoms with van der Waals surface area (Å²) < 4.78 is 4.11. The molecule has 3 heterocycles. The number of aliphatic hydroxyl groups is 1. The topological polar surface area (TPSA) is 80.3 Å². The number of anilines is 1. The molecule has 0 bridgehead atoms. The first-order valence-corrected chi connectivity index (χ1v) is 9.56. The number of hydrogen-bond acceptors (Lipinski definition) is 5. The van der Waals surface area contributed by atoms with Crippen molar-refractivity contribution in [3.8, 4) is 11.4 Å². The van der Waals surface area contributed by atoms with Crippen LogP contribution in [0.4, 0.5) is 5.82 Å². The summed E-state index contributed by atoms with van der Waals surface area (Å²) in [4.78, 5) is 13.1. The van der Waals surface area contributed by atoms with Crippen molar-refractivity contribution in [3.63, 3.8) is 0 Å². The van der Waals surface area contributed by atoms with Crippen LogP contribution in [0.2, 0.25) is 0 Å². The molecule has 0 saturated heterocycles. The molecule has 142 valence electrons. The molecule has 1 saturated carbocycles. The fourth-order valence-electron chi connectivity index (χ4n) is 4.14. The molecule has 5 rings (SSSR count). The second-order valence-electron chi connectivity index (χ2n) is 7.39. The first-order valence-electron chi connectivity index (χ1n) is 9.56. The van der Waals surface area contributed by atoms with Crippen molar-refractivity contribution in [2.24, 2.45) is 5.92 Å². The lowest BCUT2D eigenvalue weighted by atomic mass is 10.1. The van der Waals surface area contributed by atoms with Gasteiger partial charge in [0.1, 0.15) is 11.3 Å². The Kier molecular flexibility index (Phi) is 4.29. The number of aromatic nitrogens is 5. The van der Waals surface area contributed by atoms with E-state index in [-0.39, 0.29) is 6.04 Å². The Morgan fingerprint density at radius 1 is 1.07 bits per heavy atom. The van der Waals surface area contributed by atoms with Crippen molar-refractivity contribution in [2.45, 2.75) is 31.5 Å². The zero-order valence-corrected chi connectivity index (χ0v) is 15.4. The van der Waals surface area contributed by atoms with Gasteiger partial charge in [-0.15, -0.1) is 0 Å². The highest BCUT2D eigenvalue weighted by Gasteiger charge is 2.34. The molecular weight excluding hydrogens is 352 g/mol. The van der Waals surface area contributed by atoms with Gasteiger partial charge in [0.15, 0.2) is 5.82 Å². The van der Waals surface area contributed by atoms with Crippen molar-refractivity contribution < 1.29 is 5.11 Å². The average Bonchev–Trinajstić information content (AvgIpc) is 3.44. The summed E-state index contributed by atoms with van der Waals surface area (Å²) in [5.41, 5.74) is 2.02. The Morgan fingerprint density at radius 2 is 1.93 bits per heavy atom. The van der Waals surface area contributed by atoms with E-state index in [1.54, 1.807) is 18.7 Å². The number of rotatable bonds is 5. The van der Waals surface area contributed by atoms with E-state index >= 15 is 0 Å². The largest absolute Gasteiger partial charge is 0.391 e. The third-order valence-electron chi connectivity index (χ3n) is 5.49. The molecule has 1 fully saturated rings. The highest BCUT2D eigenvalue weighted by Crippen LogP contribution is 2.31. The van der Waals surface area contributed by atoms with E-state index in [1.165, 1.54) is 0 Å². The van der Waals surface area contributed by atoms with Crippen LogP contribution in [-0.4, -0.2) is 41.2 Å². The first-order chi connectivity index (χ1) is 13.8. The summed E-state index contributed by atoms with van der Waals surface area (Å²) >= 11 is 0. The fourth-order valence-corrected chi connectivity index (χ4v) is 4.14. The van der Waals surface area contributed by atoms with Gasteiger partial charge in [-0.25, -0.2) is 15.0 Å². The molecule has 7 heteroatoms. The Labute approximate surface area is 162 Å². The van der Waals surface area contributed by atoms with Crippen LogP contribution in [0.15, 0.2) is 67.6 Å². The van der Waals surface area contributed by atoms with Crippen molar-refractivity contribution in [3.05, 3.63) is 67.6 Å². The second kappa shape index (κ2) is 7.09. The third-order valence-corrected chi connectivity index (χ3v) is 5.49. The van der Waals surface area contributed by atoms with Gasteiger partial charge in [-0.3, -0.25) is 0 Å². The van der Waals surface area contributed by atoms with Gasteiger partial charge in [0.2, 0.25) is 0 Å². The van der Waals surface area contributed by atoms with Crippen LogP contribution in [0.5, 0.6) is 0 Å². The lowest BCUT2D eigenvalue weighted by Gasteiger charge is -2.17. The summed E-state index contributed by atoms with van der Waals surface area (Å²) in [6, 6.07) is 10.2. The quantitative estimate of drug-likeness (QED) is 0.561. The van der Waals surface area contributed by atoms with Gasteiger partial charge in [0.05, 0.1) is 24.7 Å². The molecule has 3 atom stereocenters. The van der Waals surface area contributed by atoms with Crippen LogP contribution >= 0.6 is 0 Å². The van der Waals surface area contributed by atoms with Gasteiger partial charge in [-0.05, 0) is 18.8 Å². The van der Waals surface area contributed by atoms with E-state index in [9.17, 15) is 5.11 Å². The molecule has 1 unspecified atom stereocenters. The highest BCUT2D eigenvalue weighted by molar-refractivity contribution is 5.66. The maximum absolute atomic E-state index is 10.6. The smallest absolute Gasteiger partial charge is 0.152 e. The number of nitrogens with one attached hydrogen (secondary N) is 1. The van der Waals surface area contributed by atoms with Gasteiger partial charge in [0.25, 0.3) is 0 Å². The van der Waals surface area contributed by atoms with E-state index in [1.807, 2.05) is 41.2 Å². The van der Waals surface area contributed by atoms with E-state index in [0.717, 1.165) is 42.1 Å². The molecule has 0 spiro atoms. The fraction of sp³-hybridized carbons (Fsp3) is 0.286. The minimum absolute atomic E-state index is 0.0257. The lowest BCUT2D eigenvalue weighted by Crippen LogP contribution is -2.28. The normalized spacial score (nSPS) is 22.0. The predicted octanol–water partition coefficient (Wildman–Crippen LogP) is 2.84. The molecule has 3 aromatic heterocycles. The van der Waals surface area contributed by atoms with Gasteiger partial charge in [-0.2, -0.15) is 0 Å². The number of hydrogen-bond donors (Lipinski definition) is 2. The molecule has 1 aliphatic carbocycles. The summed E-state index contributed by atoms with van der Waals surface area (Å²) in [5.74, 6) is 2.10. The Hall–Kier alpha value is -3.19. The number of fused-ring (bicyclic) bond motifs is 1. The molecular formula is C21H22N6O. The van der Waals surface area contributed by atoms with Crippen LogP contribution in [0.1, 0.15) is 12.8 Å². The summed E-state index contributed by atoms with van der Waals surface area (Å²) in [6.45, 7) is 0.837. The van der Waals surface area contributed by atoms with Crippen LogP contribution < -0.4 is 5.32 Å². The van der Waals surface area contributed by atoms with Crippen molar-refractivity contribution in [1.82, 2.24) is 23.9 Å². The number of imidazole rings is 2. The number of aliphatic hydroxyl groups excluding tert-OH is 1. The van der Waals surface area contributed by atoms with Crippen molar-refractivity contribution >= 4 is 11.3 Å². The van der Waals surface area contributed by atoms with E-state index in [2.05, 4.69) is 37.0 Å². The van der Waals surface area contributed by atoms with Gasteiger partial charge in [-0.1, -0.05) is 30.3 Å².